The second-order valence-electron chi connectivity index (χ2n) is 23.9. The fraction of sp³-hybridized carbons (Fsp3) is 0.391. The molecule has 0 bridgehead atoms. The molecule has 0 saturated carbocycles. The third-order valence-electron chi connectivity index (χ3n) is 16.9. The molecule has 40 heteroatoms. The van der Waals surface area contributed by atoms with E-state index in [4.69, 9.17) is 42.6 Å². The number of anilines is 9. The summed E-state index contributed by atoms with van der Waals surface area (Å²) in [5.74, 6) is -8.40. The lowest BCUT2D eigenvalue weighted by atomic mass is 10.1. The lowest BCUT2D eigenvalue weighted by Gasteiger charge is -2.24. The first-order valence-electron chi connectivity index (χ1n) is 33.9. The van der Waals surface area contributed by atoms with Crippen molar-refractivity contribution in [3.63, 3.8) is 0 Å². The van der Waals surface area contributed by atoms with E-state index >= 15 is 0 Å². The molecule has 40 nitrogen and oxygen atoms in total. The number of carbonyl (C=O) groups excluding carboxylic acids is 9. The Morgan fingerprint density at radius 1 is 0.312 bits per heavy atom. The van der Waals surface area contributed by atoms with Gasteiger partial charge in [-0.05, 0) is 34.9 Å². The number of esters is 9. The molecule has 6 heterocycles. The Kier molecular flexibility index (Phi) is 28.7. The van der Waals surface area contributed by atoms with Gasteiger partial charge in [0.15, 0.2) is 0 Å². The molecule has 0 aliphatic rings. The lowest BCUT2D eigenvalue weighted by molar-refractivity contribution is -0.148. The van der Waals surface area contributed by atoms with Crippen molar-refractivity contribution in [2.75, 3.05) is 151 Å². The monoisotopic (exact) mass is 1510 g/mol. The standard InChI is InChI=1S/C69H84N22O18/c1-101-52(92)31-49(58(98)107-7)79-67-85-61(82-64(88-67)76-46(55(95)104-4)28-37-34-73-43-19-13-10-16-40(37)43)70-22-25-91(26-23-71-62-83-65(89-68(86-62)80-50(59(99)108-8)32-53(93)102-2)77-47(56(96)105-5)29-38-35-74-44-20-14-11-17-41(38)44)27-24-72-63-84-66(90-69(87-63)81-51(60(100)109-9)33-54(94)103-3)78-48(57(97)106-6)30-39-36-75-45-21-15-12-18-42(39)45/h10-21,34-36,46-51,73-75H,22-33H2,1-9H3,(H3,70,76,79,82,85,88)(H3,71,77,80,83,86,89)(H3,72,78,81,84,87,90)/t46-,47-,48-,49-,50-,51-/m0/s1. The van der Waals surface area contributed by atoms with Gasteiger partial charge in [-0.1, -0.05) is 54.6 Å². The predicted octanol–water partition coefficient (Wildman–Crippen LogP) is 2.76. The van der Waals surface area contributed by atoms with Gasteiger partial charge in [-0.3, -0.25) is 19.3 Å². The molecule has 0 aliphatic heterocycles. The summed E-state index contributed by atoms with van der Waals surface area (Å²) in [6.07, 6.45) is 4.05. The second kappa shape index (κ2) is 39.2. The maximum atomic E-state index is 13.6. The summed E-state index contributed by atoms with van der Waals surface area (Å²) in [5.41, 5.74) is 4.73. The molecule has 0 radical (unpaired) electrons. The van der Waals surface area contributed by atoms with Gasteiger partial charge in [0.05, 0.1) is 83.3 Å². The fourth-order valence-electron chi connectivity index (χ4n) is 11.3. The third kappa shape index (κ3) is 22.4. The summed E-state index contributed by atoms with van der Waals surface area (Å²) in [6.45, 7) is 0.508. The highest BCUT2D eigenvalue weighted by Crippen LogP contribution is 2.26. The van der Waals surface area contributed by atoms with E-state index in [1.165, 1.54) is 21.3 Å². The Bertz CT molecular complexity index is 4200. The summed E-state index contributed by atoms with van der Waals surface area (Å²) < 4.78 is 45.3. The molecule has 0 amide bonds. The molecular weight excluding hydrogens is 1420 g/mol. The molecule has 109 heavy (non-hydrogen) atoms. The van der Waals surface area contributed by atoms with E-state index in [9.17, 15) is 43.2 Å². The number of ether oxygens (including phenoxy) is 9. The molecule has 0 saturated heterocycles. The van der Waals surface area contributed by atoms with Crippen LogP contribution in [0.1, 0.15) is 36.0 Å². The van der Waals surface area contributed by atoms with Gasteiger partial charge in [0.1, 0.15) is 36.3 Å². The molecule has 0 unspecified atom stereocenters. The zero-order valence-corrected chi connectivity index (χ0v) is 60.9. The highest BCUT2D eigenvalue weighted by molar-refractivity contribution is 5.90. The first-order chi connectivity index (χ1) is 52.7. The van der Waals surface area contributed by atoms with Gasteiger partial charge in [0.2, 0.25) is 53.5 Å². The predicted molar refractivity (Wildman–Crippen MR) is 394 cm³/mol. The van der Waals surface area contributed by atoms with Crippen molar-refractivity contribution >= 4 is 140 Å². The smallest absolute Gasteiger partial charge is 0.328 e. The van der Waals surface area contributed by atoms with Crippen LogP contribution in [0.3, 0.4) is 0 Å². The molecule has 9 aromatic rings. The van der Waals surface area contributed by atoms with E-state index in [-0.39, 0.29) is 112 Å². The summed E-state index contributed by atoms with van der Waals surface area (Å²) >= 11 is 0. The van der Waals surface area contributed by atoms with Gasteiger partial charge < -0.3 is 105 Å². The number of carbonyl (C=O) groups is 9. The Morgan fingerprint density at radius 2 is 0.532 bits per heavy atom. The van der Waals surface area contributed by atoms with Gasteiger partial charge >= 0.3 is 53.7 Å². The number of nitrogens with one attached hydrogen (secondary N) is 12. The maximum Gasteiger partial charge on any atom is 0.328 e. The van der Waals surface area contributed by atoms with Gasteiger partial charge in [-0.15, -0.1) is 0 Å². The number of H-pyrrole nitrogens is 3. The number of nitrogens with zero attached hydrogens (tertiary/aromatic N) is 10. The largest absolute Gasteiger partial charge is 0.469 e. The van der Waals surface area contributed by atoms with Gasteiger partial charge in [0.25, 0.3) is 0 Å². The Hall–Kier alpha value is -13.3. The Balaban J connectivity index is 1.05. The van der Waals surface area contributed by atoms with E-state index in [2.05, 4.69) is 108 Å². The number of para-hydroxylation sites is 3. The van der Waals surface area contributed by atoms with Crippen molar-refractivity contribution in [3.8, 4) is 0 Å². The molecule has 6 atom stereocenters. The average molecular weight is 1510 g/mol. The number of rotatable bonds is 42. The first-order valence-corrected chi connectivity index (χ1v) is 33.9. The molecule has 9 rings (SSSR count). The Labute approximate surface area is 622 Å². The minimum atomic E-state index is -1.37. The van der Waals surface area contributed by atoms with Crippen LogP contribution in [0.4, 0.5) is 53.5 Å². The number of fused-ring (bicyclic) bond motifs is 3. The van der Waals surface area contributed by atoms with Crippen LogP contribution < -0.4 is 47.9 Å². The SMILES string of the molecule is COC(=O)C[C@H](Nc1nc(NCCN(CCNc2nc(N[C@@H](CC(=O)OC)C(=O)OC)nc(N[C@@H](Cc3c[nH]c4ccccc34)C(=O)OC)n2)CCNc2nc(N[C@@H](CC(=O)OC)C(=O)OC)nc(N[C@@H](Cc3c[nH]c4ccccc34)C(=O)OC)n2)nc(N[C@@H](Cc2c[nH]c3ccccc23)C(=O)OC)n1)C(=O)OC. The van der Waals surface area contributed by atoms with Crippen LogP contribution in [-0.2, 0) is 105 Å². The van der Waals surface area contributed by atoms with E-state index in [0.717, 1.165) is 92.1 Å². The van der Waals surface area contributed by atoms with Crippen LogP contribution in [-0.4, -0.2) is 258 Å². The highest BCUT2D eigenvalue weighted by Gasteiger charge is 2.32. The molecule has 0 aliphatic carbocycles. The van der Waals surface area contributed by atoms with Gasteiger partial charge in [-0.2, -0.15) is 44.9 Å². The fourth-order valence-corrected chi connectivity index (χ4v) is 11.3. The topological polar surface area (TPSA) is 512 Å². The summed E-state index contributed by atoms with van der Waals surface area (Å²) in [4.78, 5) is 171. The van der Waals surface area contributed by atoms with E-state index in [1.54, 1.807) is 18.6 Å². The summed E-state index contributed by atoms with van der Waals surface area (Å²) in [7, 11) is 10.5. The van der Waals surface area contributed by atoms with Crippen LogP contribution >= 0.6 is 0 Å². The molecular formula is C69H84N22O18. The number of hydrogen-bond donors (Lipinski definition) is 12. The number of benzene rings is 3. The van der Waals surface area contributed by atoms with Crippen LogP contribution in [0.2, 0.25) is 0 Å². The number of aromatic nitrogens is 12. The summed E-state index contributed by atoms with van der Waals surface area (Å²) in [6, 6.07) is 15.1. The third-order valence-corrected chi connectivity index (χ3v) is 16.9. The average Bonchev–Trinajstić information content (AvgIpc) is 1.68. The number of hydrogen-bond acceptors (Lipinski definition) is 37. The number of aromatic amines is 3. The van der Waals surface area contributed by atoms with Crippen molar-refractivity contribution in [3.05, 3.63) is 108 Å². The van der Waals surface area contributed by atoms with Crippen LogP contribution in [0.15, 0.2) is 91.4 Å². The number of methoxy groups -OCH3 is 9. The van der Waals surface area contributed by atoms with Gasteiger partial charge in [-0.25, -0.2) is 28.8 Å². The molecule has 12 N–H and O–H groups in total. The van der Waals surface area contributed by atoms with Crippen LogP contribution in [0.25, 0.3) is 32.7 Å². The second-order valence-corrected chi connectivity index (χ2v) is 23.9. The quantitative estimate of drug-likeness (QED) is 0.0193. The highest BCUT2D eigenvalue weighted by atomic mass is 16.6. The minimum absolute atomic E-state index is 0.0317. The molecule has 0 spiro atoms. The first kappa shape index (κ1) is 79.8. The summed E-state index contributed by atoms with van der Waals surface area (Å²) in [5, 5.41) is 29.8. The molecule has 6 aromatic heterocycles. The lowest BCUT2D eigenvalue weighted by Crippen LogP contribution is -2.38. The maximum absolute atomic E-state index is 13.6. The minimum Gasteiger partial charge on any atom is -0.469 e. The molecule has 578 valence electrons. The van der Waals surface area contributed by atoms with Crippen molar-refractivity contribution in [1.29, 1.82) is 0 Å². The molecule has 3 aromatic carbocycles. The zero-order valence-electron chi connectivity index (χ0n) is 60.9. The van der Waals surface area contributed by atoms with Crippen molar-refractivity contribution in [1.82, 2.24) is 64.7 Å². The van der Waals surface area contributed by atoms with Crippen molar-refractivity contribution in [2.45, 2.75) is 74.8 Å². The van der Waals surface area contributed by atoms with Crippen LogP contribution in [0.5, 0.6) is 0 Å². The Morgan fingerprint density at radius 3 is 0.771 bits per heavy atom. The van der Waals surface area contributed by atoms with E-state index in [1.807, 2.05) is 77.7 Å². The van der Waals surface area contributed by atoms with Crippen LogP contribution in [0, 0.1) is 0 Å². The zero-order chi connectivity index (χ0) is 77.9. The van der Waals surface area contributed by atoms with Crippen molar-refractivity contribution < 1.29 is 85.8 Å². The van der Waals surface area contributed by atoms with E-state index < -0.39 is 109 Å². The normalized spacial score (nSPS) is 12.7. The van der Waals surface area contributed by atoms with Crippen molar-refractivity contribution in [2.24, 2.45) is 0 Å². The molecule has 0 fully saturated rings. The van der Waals surface area contributed by atoms with Gasteiger partial charge in [0, 0.05) is 110 Å². The van der Waals surface area contributed by atoms with E-state index in [0.29, 0.717) is 0 Å².